The smallest absolute Gasteiger partial charge is 0.0329 e. The molecule has 2 rings (SSSR count). The molecule has 2 heterocycles. The van der Waals surface area contributed by atoms with Crippen molar-refractivity contribution in [2.45, 2.75) is 12.1 Å². The van der Waals surface area contributed by atoms with E-state index in [9.17, 15) is 0 Å². The van der Waals surface area contributed by atoms with Crippen LogP contribution in [0.15, 0.2) is 0 Å². The summed E-state index contributed by atoms with van der Waals surface area (Å²) in [6.07, 6.45) is 0. The predicted octanol–water partition coefficient (Wildman–Crippen LogP) is 0.311. The summed E-state index contributed by atoms with van der Waals surface area (Å²) in [5.41, 5.74) is 0. The Morgan fingerprint density at radius 3 is 1.90 bits per heavy atom. The standard InChI is InChI=1S/C6H12N2S2/c1-2-8-6-4-10-9-3-5(6)7-1/h5-8H,1-4H2/t5-,6+. The molecule has 2 saturated heterocycles. The summed E-state index contributed by atoms with van der Waals surface area (Å²) in [5, 5.41) is 7.05. The van der Waals surface area contributed by atoms with Gasteiger partial charge in [-0.3, -0.25) is 0 Å². The fraction of sp³-hybridized carbons (Fsp3) is 1.00. The van der Waals surface area contributed by atoms with Crippen molar-refractivity contribution in [3.8, 4) is 0 Å². The van der Waals surface area contributed by atoms with E-state index in [2.05, 4.69) is 10.6 Å². The summed E-state index contributed by atoms with van der Waals surface area (Å²) in [7, 11) is 3.99. The molecular formula is C6H12N2S2. The molecule has 0 aromatic carbocycles. The van der Waals surface area contributed by atoms with Crippen molar-refractivity contribution in [2.24, 2.45) is 0 Å². The molecular weight excluding hydrogens is 164 g/mol. The topological polar surface area (TPSA) is 24.1 Å². The van der Waals surface area contributed by atoms with Crippen LogP contribution in [0.25, 0.3) is 0 Å². The van der Waals surface area contributed by atoms with E-state index in [1.165, 1.54) is 11.5 Å². The van der Waals surface area contributed by atoms with Gasteiger partial charge in [-0.2, -0.15) is 0 Å². The van der Waals surface area contributed by atoms with Crippen LogP contribution in [0.1, 0.15) is 0 Å². The van der Waals surface area contributed by atoms with Gasteiger partial charge in [0.25, 0.3) is 0 Å². The minimum Gasteiger partial charge on any atom is -0.310 e. The number of nitrogens with one attached hydrogen (secondary N) is 2. The lowest BCUT2D eigenvalue weighted by Gasteiger charge is -2.36. The van der Waals surface area contributed by atoms with Crippen LogP contribution in [0, 0.1) is 0 Å². The Hall–Kier alpha value is 0.620. The zero-order valence-corrected chi connectivity index (χ0v) is 7.43. The Balaban J connectivity index is 1.93. The maximum atomic E-state index is 3.52. The molecule has 0 spiro atoms. The molecule has 2 nitrogen and oxygen atoms in total. The van der Waals surface area contributed by atoms with Gasteiger partial charge in [-0.25, -0.2) is 0 Å². The van der Waals surface area contributed by atoms with Crippen LogP contribution in [0.4, 0.5) is 0 Å². The van der Waals surface area contributed by atoms with Gasteiger partial charge in [0.05, 0.1) is 0 Å². The van der Waals surface area contributed by atoms with Crippen molar-refractivity contribution in [2.75, 3.05) is 24.6 Å². The van der Waals surface area contributed by atoms with Gasteiger partial charge in [-0.15, -0.1) is 0 Å². The number of rotatable bonds is 0. The Morgan fingerprint density at radius 1 is 0.900 bits per heavy atom. The van der Waals surface area contributed by atoms with E-state index in [0.29, 0.717) is 0 Å². The van der Waals surface area contributed by atoms with Gasteiger partial charge >= 0.3 is 0 Å². The molecule has 0 radical (unpaired) electrons. The molecule has 2 fully saturated rings. The lowest BCUT2D eigenvalue weighted by molar-refractivity contribution is 0.365. The molecule has 0 saturated carbocycles. The van der Waals surface area contributed by atoms with Crippen molar-refractivity contribution in [3.63, 3.8) is 0 Å². The van der Waals surface area contributed by atoms with Gasteiger partial charge in [-0.05, 0) is 0 Å². The molecule has 2 atom stereocenters. The van der Waals surface area contributed by atoms with Crippen molar-refractivity contribution in [3.05, 3.63) is 0 Å². The van der Waals surface area contributed by atoms with Gasteiger partial charge in [0.1, 0.15) is 0 Å². The molecule has 58 valence electrons. The molecule has 2 N–H and O–H groups in total. The molecule has 0 amide bonds. The second-order valence-electron chi connectivity index (χ2n) is 2.69. The molecule has 10 heavy (non-hydrogen) atoms. The third-order valence-electron chi connectivity index (χ3n) is 2.00. The minimum absolute atomic E-state index is 0.736. The Morgan fingerprint density at radius 2 is 1.40 bits per heavy atom. The van der Waals surface area contributed by atoms with Crippen LogP contribution < -0.4 is 10.6 Å². The Labute approximate surface area is 69.3 Å². The lowest BCUT2D eigenvalue weighted by Crippen LogP contribution is -2.59. The minimum atomic E-state index is 0.736. The lowest BCUT2D eigenvalue weighted by atomic mass is 10.1. The monoisotopic (exact) mass is 176 g/mol. The average Bonchev–Trinajstić information content (AvgIpc) is 2.05. The first-order valence-electron chi connectivity index (χ1n) is 3.68. The van der Waals surface area contributed by atoms with Crippen LogP contribution in [0.2, 0.25) is 0 Å². The highest BCUT2D eigenvalue weighted by Gasteiger charge is 2.27. The molecule has 0 aromatic heterocycles. The van der Waals surface area contributed by atoms with Crippen molar-refractivity contribution in [1.82, 2.24) is 10.6 Å². The molecule has 0 bridgehead atoms. The Bertz CT molecular complexity index is 94.3. The molecule has 4 heteroatoms. The summed E-state index contributed by atoms with van der Waals surface area (Å²) in [6, 6.07) is 1.47. The Kier molecular flexibility index (Phi) is 2.43. The highest BCUT2D eigenvalue weighted by atomic mass is 33.1. The molecule has 2 aliphatic rings. The zero-order chi connectivity index (χ0) is 6.81. The SMILES string of the molecule is C1CN[C@@H]2CSSC[C@@H]2N1. The number of piperazine rings is 1. The molecule has 0 aromatic rings. The second-order valence-corrected chi connectivity index (χ2v) is 5.24. The first-order valence-corrected chi connectivity index (χ1v) is 6.17. The van der Waals surface area contributed by atoms with Crippen LogP contribution in [-0.2, 0) is 0 Å². The summed E-state index contributed by atoms with van der Waals surface area (Å²) >= 11 is 0. The summed E-state index contributed by atoms with van der Waals surface area (Å²) in [5.74, 6) is 2.53. The van der Waals surface area contributed by atoms with Gasteiger partial charge in [0, 0.05) is 36.7 Å². The van der Waals surface area contributed by atoms with Crippen LogP contribution in [-0.4, -0.2) is 36.7 Å². The molecule has 2 aliphatic heterocycles. The van der Waals surface area contributed by atoms with E-state index in [1.807, 2.05) is 21.6 Å². The molecule has 0 aliphatic carbocycles. The number of hydrogen-bond donors (Lipinski definition) is 2. The van der Waals surface area contributed by atoms with Crippen LogP contribution in [0.5, 0.6) is 0 Å². The highest BCUT2D eigenvalue weighted by molar-refractivity contribution is 8.76. The van der Waals surface area contributed by atoms with E-state index in [4.69, 9.17) is 0 Å². The van der Waals surface area contributed by atoms with E-state index >= 15 is 0 Å². The highest BCUT2D eigenvalue weighted by Crippen LogP contribution is 2.30. The fourth-order valence-electron chi connectivity index (χ4n) is 1.39. The van der Waals surface area contributed by atoms with Crippen LogP contribution >= 0.6 is 21.6 Å². The van der Waals surface area contributed by atoms with Crippen LogP contribution in [0.3, 0.4) is 0 Å². The summed E-state index contributed by atoms with van der Waals surface area (Å²) in [6.45, 7) is 2.29. The summed E-state index contributed by atoms with van der Waals surface area (Å²) < 4.78 is 0. The summed E-state index contributed by atoms with van der Waals surface area (Å²) in [4.78, 5) is 0. The average molecular weight is 176 g/mol. The quantitative estimate of drug-likeness (QED) is 0.519. The maximum absolute atomic E-state index is 3.52. The third kappa shape index (κ3) is 1.44. The second kappa shape index (κ2) is 3.34. The van der Waals surface area contributed by atoms with Crippen molar-refractivity contribution >= 4 is 21.6 Å². The fourth-order valence-corrected chi connectivity index (χ4v) is 4.04. The van der Waals surface area contributed by atoms with Crippen molar-refractivity contribution in [1.29, 1.82) is 0 Å². The largest absolute Gasteiger partial charge is 0.310 e. The van der Waals surface area contributed by atoms with E-state index in [-0.39, 0.29) is 0 Å². The molecule has 0 unspecified atom stereocenters. The van der Waals surface area contributed by atoms with E-state index in [0.717, 1.165) is 25.2 Å². The van der Waals surface area contributed by atoms with Gasteiger partial charge in [0.2, 0.25) is 0 Å². The number of fused-ring (bicyclic) bond motifs is 1. The number of hydrogen-bond acceptors (Lipinski definition) is 4. The van der Waals surface area contributed by atoms with E-state index in [1.54, 1.807) is 0 Å². The zero-order valence-electron chi connectivity index (χ0n) is 5.80. The third-order valence-corrected chi connectivity index (χ3v) is 4.48. The maximum Gasteiger partial charge on any atom is 0.0329 e. The predicted molar refractivity (Wildman–Crippen MR) is 48.5 cm³/mol. The van der Waals surface area contributed by atoms with Gasteiger partial charge in [-0.1, -0.05) is 21.6 Å². The first kappa shape index (κ1) is 7.28. The van der Waals surface area contributed by atoms with Gasteiger partial charge < -0.3 is 10.6 Å². The first-order chi connectivity index (χ1) is 4.97. The normalized spacial score (nSPS) is 40.8. The van der Waals surface area contributed by atoms with Gasteiger partial charge in [0.15, 0.2) is 0 Å². The van der Waals surface area contributed by atoms with Crippen molar-refractivity contribution < 1.29 is 0 Å². The van der Waals surface area contributed by atoms with E-state index < -0.39 is 0 Å².